The first-order valence-corrected chi connectivity index (χ1v) is 7.70. The van der Waals surface area contributed by atoms with Crippen LogP contribution in [0.4, 0.5) is 0 Å². The molecule has 0 aromatic heterocycles. The Bertz CT molecular complexity index is 564. The first-order chi connectivity index (χ1) is 10.5. The van der Waals surface area contributed by atoms with Crippen molar-refractivity contribution in [3.05, 3.63) is 22.2 Å². The van der Waals surface area contributed by atoms with Gasteiger partial charge in [-0.3, -0.25) is 9.59 Å². The number of nitrogens with zero attached hydrogens (tertiary/aromatic N) is 1. The SMILES string of the molecule is COc1cc(C(=O)N2CCC[C@H](C(=O)O)C2)cc(OC)c1Br. The molecule has 7 heteroatoms. The molecular weight excluding hydrogens is 354 g/mol. The van der Waals surface area contributed by atoms with Crippen molar-refractivity contribution in [2.45, 2.75) is 12.8 Å². The molecule has 0 spiro atoms. The topological polar surface area (TPSA) is 76.1 Å². The summed E-state index contributed by atoms with van der Waals surface area (Å²) in [7, 11) is 3.02. The van der Waals surface area contributed by atoms with E-state index in [0.29, 0.717) is 40.9 Å². The Morgan fingerprint density at radius 2 is 1.86 bits per heavy atom. The number of halogens is 1. The first kappa shape index (κ1) is 16.6. The average molecular weight is 372 g/mol. The number of hydrogen-bond acceptors (Lipinski definition) is 4. The van der Waals surface area contributed by atoms with E-state index in [2.05, 4.69) is 15.9 Å². The van der Waals surface area contributed by atoms with Crippen LogP contribution in [0.2, 0.25) is 0 Å². The zero-order chi connectivity index (χ0) is 16.3. The minimum absolute atomic E-state index is 0.213. The summed E-state index contributed by atoms with van der Waals surface area (Å²) in [6.45, 7) is 0.790. The van der Waals surface area contributed by atoms with Gasteiger partial charge >= 0.3 is 5.97 Å². The summed E-state index contributed by atoms with van der Waals surface area (Å²) >= 11 is 3.36. The molecule has 1 amide bonds. The largest absolute Gasteiger partial charge is 0.495 e. The molecule has 0 aliphatic carbocycles. The predicted molar refractivity (Wildman–Crippen MR) is 83.5 cm³/mol. The van der Waals surface area contributed by atoms with Crippen LogP contribution in [0, 0.1) is 5.92 Å². The van der Waals surface area contributed by atoms with Gasteiger partial charge in [-0.05, 0) is 40.9 Å². The summed E-state index contributed by atoms with van der Waals surface area (Å²) in [5.41, 5.74) is 0.419. The summed E-state index contributed by atoms with van der Waals surface area (Å²) in [5, 5.41) is 9.12. The van der Waals surface area contributed by atoms with Gasteiger partial charge in [-0.2, -0.15) is 0 Å². The fraction of sp³-hybridized carbons (Fsp3) is 0.467. The van der Waals surface area contributed by atoms with Crippen molar-refractivity contribution in [2.75, 3.05) is 27.3 Å². The van der Waals surface area contributed by atoms with E-state index in [1.54, 1.807) is 17.0 Å². The molecule has 1 saturated heterocycles. The summed E-state index contributed by atoms with van der Waals surface area (Å²) in [4.78, 5) is 25.3. The summed E-state index contributed by atoms with van der Waals surface area (Å²) in [5.74, 6) is -0.584. The number of carboxylic acids is 1. The van der Waals surface area contributed by atoms with Crippen molar-refractivity contribution in [3.8, 4) is 11.5 Å². The fourth-order valence-electron chi connectivity index (χ4n) is 2.54. The van der Waals surface area contributed by atoms with Gasteiger partial charge in [-0.1, -0.05) is 0 Å². The molecule has 0 unspecified atom stereocenters. The number of likely N-dealkylation sites (tertiary alicyclic amines) is 1. The molecule has 6 nitrogen and oxygen atoms in total. The third-order valence-electron chi connectivity index (χ3n) is 3.75. The lowest BCUT2D eigenvalue weighted by atomic mass is 9.97. The van der Waals surface area contributed by atoms with Gasteiger partial charge in [0.1, 0.15) is 16.0 Å². The third-order valence-corrected chi connectivity index (χ3v) is 4.53. The van der Waals surface area contributed by atoms with Gasteiger partial charge in [0, 0.05) is 18.7 Å². The summed E-state index contributed by atoms with van der Waals surface area (Å²) in [6, 6.07) is 3.25. The monoisotopic (exact) mass is 371 g/mol. The Hall–Kier alpha value is -1.76. The zero-order valence-electron chi connectivity index (χ0n) is 12.5. The normalized spacial score (nSPS) is 18.0. The Balaban J connectivity index is 2.27. The van der Waals surface area contributed by atoms with Crippen LogP contribution < -0.4 is 9.47 Å². The predicted octanol–water partition coefficient (Wildman–Crippen LogP) is 2.40. The number of carbonyl (C=O) groups excluding carboxylic acids is 1. The van der Waals surface area contributed by atoms with Crippen LogP contribution in [-0.2, 0) is 4.79 Å². The lowest BCUT2D eigenvalue weighted by molar-refractivity contribution is -0.143. The molecule has 1 aromatic rings. The zero-order valence-corrected chi connectivity index (χ0v) is 14.1. The molecule has 1 aliphatic heterocycles. The van der Waals surface area contributed by atoms with Crippen LogP contribution in [-0.4, -0.2) is 49.2 Å². The van der Waals surface area contributed by atoms with Crippen LogP contribution in [0.5, 0.6) is 11.5 Å². The molecular formula is C15H18BrNO5. The maximum absolute atomic E-state index is 12.6. The van der Waals surface area contributed by atoms with Crippen molar-refractivity contribution >= 4 is 27.8 Å². The van der Waals surface area contributed by atoms with E-state index in [1.807, 2.05) is 0 Å². The third kappa shape index (κ3) is 3.35. The molecule has 1 aliphatic rings. The van der Waals surface area contributed by atoms with E-state index in [-0.39, 0.29) is 12.5 Å². The van der Waals surface area contributed by atoms with E-state index in [0.717, 1.165) is 0 Å². The highest BCUT2D eigenvalue weighted by atomic mass is 79.9. The highest BCUT2D eigenvalue weighted by Crippen LogP contribution is 2.36. The number of carbonyl (C=O) groups is 2. The second-order valence-corrected chi connectivity index (χ2v) is 5.92. The number of benzene rings is 1. The van der Waals surface area contributed by atoms with E-state index in [9.17, 15) is 9.59 Å². The first-order valence-electron chi connectivity index (χ1n) is 6.91. The second kappa shape index (κ2) is 7.00. The van der Waals surface area contributed by atoms with Crippen molar-refractivity contribution in [1.82, 2.24) is 4.90 Å². The van der Waals surface area contributed by atoms with Crippen molar-refractivity contribution < 1.29 is 24.2 Å². The van der Waals surface area contributed by atoms with Gasteiger partial charge in [0.25, 0.3) is 5.91 Å². The Labute approximate surface area is 137 Å². The number of hydrogen-bond donors (Lipinski definition) is 1. The van der Waals surface area contributed by atoms with E-state index >= 15 is 0 Å². The molecule has 0 radical (unpaired) electrons. The van der Waals surface area contributed by atoms with Crippen LogP contribution >= 0.6 is 15.9 Å². The maximum atomic E-state index is 12.6. The number of aliphatic carboxylic acids is 1. The van der Waals surface area contributed by atoms with Gasteiger partial charge in [0.05, 0.1) is 20.1 Å². The van der Waals surface area contributed by atoms with E-state index < -0.39 is 11.9 Å². The highest BCUT2D eigenvalue weighted by Gasteiger charge is 2.29. The van der Waals surface area contributed by atoms with Crippen molar-refractivity contribution in [3.63, 3.8) is 0 Å². The van der Waals surface area contributed by atoms with E-state index in [4.69, 9.17) is 14.6 Å². The Morgan fingerprint density at radius 1 is 1.27 bits per heavy atom. The van der Waals surface area contributed by atoms with Gasteiger partial charge in [-0.25, -0.2) is 0 Å². The Morgan fingerprint density at radius 3 is 2.36 bits per heavy atom. The van der Waals surface area contributed by atoms with Crippen LogP contribution in [0.1, 0.15) is 23.2 Å². The quantitative estimate of drug-likeness (QED) is 0.879. The molecule has 2 rings (SSSR count). The van der Waals surface area contributed by atoms with Crippen molar-refractivity contribution in [1.29, 1.82) is 0 Å². The molecule has 1 atom stereocenters. The molecule has 1 aromatic carbocycles. The number of methoxy groups -OCH3 is 2. The summed E-state index contributed by atoms with van der Waals surface area (Å²) in [6.07, 6.45) is 1.29. The number of amides is 1. The van der Waals surface area contributed by atoms with Crippen LogP contribution in [0.15, 0.2) is 16.6 Å². The van der Waals surface area contributed by atoms with Crippen LogP contribution in [0.25, 0.3) is 0 Å². The van der Waals surface area contributed by atoms with Gasteiger partial charge in [0.15, 0.2) is 0 Å². The number of rotatable bonds is 4. The lowest BCUT2D eigenvalue weighted by Crippen LogP contribution is -2.42. The molecule has 1 heterocycles. The minimum atomic E-state index is -0.858. The lowest BCUT2D eigenvalue weighted by Gasteiger charge is -2.31. The van der Waals surface area contributed by atoms with Gasteiger partial charge in [0.2, 0.25) is 0 Å². The molecule has 0 bridgehead atoms. The highest BCUT2D eigenvalue weighted by molar-refractivity contribution is 9.10. The van der Waals surface area contributed by atoms with Crippen molar-refractivity contribution in [2.24, 2.45) is 5.92 Å². The average Bonchev–Trinajstić information content (AvgIpc) is 2.54. The maximum Gasteiger partial charge on any atom is 0.308 e. The van der Waals surface area contributed by atoms with Gasteiger partial charge < -0.3 is 19.5 Å². The molecule has 120 valence electrons. The van der Waals surface area contributed by atoms with Gasteiger partial charge in [-0.15, -0.1) is 0 Å². The minimum Gasteiger partial charge on any atom is -0.495 e. The Kier molecular flexibility index (Phi) is 5.28. The standard InChI is InChI=1S/C15H18BrNO5/c1-21-11-6-10(7-12(22-2)13(11)16)14(18)17-5-3-4-9(8-17)15(19)20/h6-7,9H,3-5,8H2,1-2H3,(H,19,20)/t9-/m0/s1. The molecule has 0 saturated carbocycles. The molecule has 1 fully saturated rings. The summed E-state index contributed by atoms with van der Waals surface area (Å²) < 4.78 is 11.1. The second-order valence-electron chi connectivity index (χ2n) is 5.12. The molecule has 1 N–H and O–H groups in total. The fourth-order valence-corrected chi connectivity index (χ4v) is 3.09. The number of piperidine rings is 1. The smallest absolute Gasteiger partial charge is 0.308 e. The van der Waals surface area contributed by atoms with E-state index in [1.165, 1.54) is 14.2 Å². The number of ether oxygens (including phenoxy) is 2. The molecule has 22 heavy (non-hydrogen) atoms. The van der Waals surface area contributed by atoms with Crippen LogP contribution in [0.3, 0.4) is 0 Å². The number of carboxylic acid groups (broad SMARTS) is 1.